The van der Waals surface area contributed by atoms with Crippen molar-refractivity contribution in [2.24, 2.45) is 0 Å². The molecular formula is C33H39F3N4O7Si. The van der Waals surface area contributed by atoms with Crippen molar-refractivity contribution in [3.63, 3.8) is 0 Å². The van der Waals surface area contributed by atoms with Crippen LogP contribution < -0.4 is 4.74 Å². The van der Waals surface area contributed by atoms with Gasteiger partial charge in [-0.15, -0.1) is 0 Å². The number of aliphatic carboxylic acids is 1. The molecule has 258 valence electrons. The topological polar surface area (TPSA) is 138 Å². The standard InChI is InChI=1S/C33H39F3N4O7Si/c1-20-15-25(44-5)27(22-11-12-39(28(20)22)30(43)47-31(2,3)4)32(33(34,35)36,46-18-26(41)42)29-38-23-16-21(17-37)9-10-24(23)40(29)19-45-13-14-48(6,7)8/h9-12,15-16H,13-14,18-19H2,1-8H3,(H,41,42). The minimum atomic E-state index is -5.37. The number of methoxy groups -OCH3 is 1. The molecule has 11 nitrogen and oxygen atoms in total. The monoisotopic (exact) mass is 688 g/mol. The predicted octanol–water partition coefficient (Wildman–Crippen LogP) is 7.18. The summed E-state index contributed by atoms with van der Waals surface area (Å²) in [6.45, 7) is 11.4. The molecule has 0 aliphatic carbocycles. The third-order valence-corrected chi connectivity index (χ3v) is 9.21. The fourth-order valence-electron chi connectivity index (χ4n) is 5.40. The van der Waals surface area contributed by atoms with Crippen LogP contribution >= 0.6 is 0 Å². The Kier molecular flexibility index (Phi) is 10.1. The average molecular weight is 689 g/mol. The molecule has 0 radical (unpaired) electrons. The molecular weight excluding hydrogens is 649 g/mol. The number of ether oxygens (including phenoxy) is 4. The van der Waals surface area contributed by atoms with Crippen molar-refractivity contribution < 1.29 is 46.8 Å². The molecule has 0 aliphatic rings. The summed E-state index contributed by atoms with van der Waals surface area (Å²) >= 11 is 0. The van der Waals surface area contributed by atoms with Crippen LogP contribution in [-0.2, 0) is 31.3 Å². The van der Waals surface area contributed by atoms with Crippen LogP contribution in [0.2, 0.25) is 25.7 Å². The molecule has 0 aliphatic heterocycles. The maximum atomic E-state index is 16.1. The summed E-state index contributed by atoms with van der Waals surface area (Å²) < 4.78 is 73.1. The number of carboxylic acid groups (broad SMARTS) is 1. The van der Waals surface area contributed by atoms with Crippen molar-refractivity contribution in [3.05, 3.63) is 59.0 Å². The van der Waals surface area contributed by atoms with E-state index >= 15 is 13.2 Å². The summed E-state index contributed by atoms with van der Waals surface area (Å²) in [5, 5.41) is 19.1. The molecule has 4 aromatic rings. The number of fused-ring (bicyclic) bond motifs is 2. The van der Waals surface area contributed by atoms with Crippen LogP contribution in [0.3, 0.4) is 0 Å². The second-order valence-corrected chi connectivity index (χ2v) is 19.2. The SMILES string of the molecule is COc1cc(C)c2c(ccn2C(=O)OC(C)(C)C)c1C(OCC(=O)O)(c1nc2cc(C#N)ccc2n1COCC[Si](C)(C)C)C(F)(F)F. The zero-order chi connectivity index (χ0) is 35.8. The molecule has 48 heavy (non-hydrogen) atoms. The number of nitrogens with zero attached hydrogens (tertiary/aromatic N) is 4. The third kappa shape index (κ3) is 7.20. The molecule has 2 heterocycles. The molecule has 0 fully saturated rings. The van der Waals surface area contributed by atoms with Gasteiger partial charge in [-0.05, 0) is 69.6 Å². The molecule has 1 atom stereocenters. The molecule has 0 amide bonds. The van der Waals surface area contributed by atoms with Gasteiger partial charge >= 0.3 is 18.2 Å². The lowest BCUT2D eigenvalue weighted by atomic mass is 9.86. The number of carbonyl (C=O) groups is 2. The number of hydrogen-bond acceptors (Lipinski definition) is 8. The number of carbonyl (C=O) groups excluding carboxylic acids is 1. The maximum absolute atomic E-state index is 16.1. The highest BCUT2D eigenvalue weighted by Gasteiger charge is 2.64. The zero-order valence-corrected chi connectivity index (χ0v) is 29.1. The number of aromatic nitrogens is 3. The van der Waals surface area contributed by atoms with E-state index in [9.17, 15) is 20.0 Å². The van der Waals surface area contributed by atoms with Crippen molar-refractivity contribution in [3.8, 4) is 11.8 Å². The first kappa shape index (κ1) is 36.4. The largest absolute Gasteiger partial charge is 0.496 e. The highest BCUT2D eigenvalue weighted by Crippen LogP contribution is 2.53. The van der Waals surface area contributed by atoms with Crippen LogP contribution in [0, 0.1) is 18.3 Å². The Morgan fingerprint density at radius 2 is 1.79 bits per heavy atom. The van der Waals surface area contributed by atoms with E-state index in [0.717, 1.165) is 10.6 Å². The van der Waals surface area contributed by atoms with Gasteiger partial charge in [-0.1, -0.05) is 19.6 Å². The first-order chi connectivity index (χ1) is 22.2. The van der Waals surface area contributed by atoms with E-state index in [1.807, 2.05) is 6.07 Å². The molecule has 0 spiro atoms. The average Bonchev–Trinajstić information content (AvgIpc) is 3.56. The van der Waals surface area contributed by atoms with E-state index in [1.165, 1.54) is 48.2 Å². The minimum absolute atomic E-state index is 0.0269. The van der Waals surface area contributed by atoms with Crippen LogP contribution in [0.15, 0.2) is 36.5 Å². The lowest BCUT2D eigenvalue weighted by molar-refractivity contribution is -0.270. The van der Waals surface area contributed by atoms with Crippen LogP contribution in [0.5, 0.6) is 5.75 Å². The first-order valence-electron chi connectivity index (χ1n) is 15.1. The molecule has 0 saturated heterocycles. The fourth-order valence-corrected chi connectivity index (χ4v) is 6.15. The van der Waals surface area contributed by atoms with Gasteiger partial charge in [-0.2, -0.15) is 18.4 Å². The van der Waals surface area contributed by atoms with Crippen molar-refractivity contribution >= 4 is 42.1 Å². The number of rotatable bonds is 11. The molecule has 1 unspecified atom stereocenters. The molecule has 4 rings (SSSR count). The molecule has 2 aromatic carbocycles. The smallest absolute Gasteiger partial charge is 0.429 e. The van der Waals surface area contributed by atoms with Gasteiger partial charge in [-0.25, -0.2) is 14.6 Å². The van der Waals surface area contributed by atoms with Gasteiger partial charge in [0.2, 0.25) is 0 Å². The number of benzene rings is 2. The zero-order valence-electron chi connectivity index (χ0n) is 28.1. The van der Waals surface area contributed by atoms with Gasteiger partial charge < -0.3 is 28.6 Å². The summed E-state index contributed by atoms with van der Waals surface area (Å²) in [5.74, 6) is -2.71. The Bertz CT molecular complexity index is 1900. The summed E-state index contributed by atoms with van der Waals surface area (Å²) in [6, 6.07) is 9.50. The van der Waals surface area contributed by atoms with E-state index in [4.69, 9.17) is 18.9 Å². The van der Waals surface area contributed by atoms with E-state index in [0.29, 0.717) is 5.56 Å². The van der Waals surface area contributed by atoms with Gasteiger partial charge in [-0.3, -0.25) is 4.57 Å². The fraction of sp³-hybridized carbons (Fsp3) is 0.455. The first-order valence-corrected chi connectivity index (χ1v) is 18.8. The quantitative estimate of drug-likeness (QED) is 0.128. The predicted molar refractivity (Wildman–Crippen MR) is 174 cm³/mol. The van der Waals surface area contributed by atoms with Crippen LogP contribution in [-0.4, -0.2) is 71.5 Å². The van der Waals surface area contributed by atoms with Crippen molar-refractivity contribution in [2.75, 3.05) is 20.3 Å². The molecule has 1 N–H and O–H groups in total. The van der Waals surface area contributed by atoms with Gasteiger partial charge in [0, 0.05) is 26.3 Å². The Morgan fingerprint density at radius 1 is 1.10 bits per heavy atom. The highest BCUT2D eigenvalue weighted by atomic mass is 28.3. The summed E-state index contributed by atoms with van der Waals surface area (Å²) in [6.07, 6.45) is -4.94. The Morgan fingerprint density at radius 3 is 2.35 bits per heavy atom. The van der Waals surface area contributed by atoms with Gasteiger partial charge in [0.25, 0.3) is 5.60 Å². The third-order valence-electron chi connectivity index (χ3n) is 7.51. The maximum Gasteiger partial charge on any atom is 0.429 e. The molecule has 0 bridgehead atoms. The van der Waals surface area contributed by atoms with Crippen LogP contribution in [0.25, 0.3) is 21.9 Å². The van der Waals surface area contributed by atoms with E-state index in [1.54, 1.807) is 27.7 Å². The number of carboxylic acids is 1. The van der Waals surface area contributed by atoms with E-state index in [-0.39, 0.29) is 39.9 Å². The minimum Gasteiger partial charge on any atom is -0.496 e. The van der Waals surface area contributed by atoms with Crippen LogP contribution in [0.4, 0.5) is 18.0 Å². The molecule has 0 saturated carbocycles. The number of imidazole rings is 1. The lowest BCUT2D eigenvalue weighted by Gasteiger charge is -2.37. The molecule has 2 aromatic heterocycles. The number of aryl methyl sites for hydroxylation is 1. The number of halogens is 3. The number of alkyl halides is 3. The highest BCUT2D eigenvalue weighted by molar-refractivity contribution is 6.76. The summed E-state index contributed by atoms with van der Waals surface area (Å²) in [7, 11) is -0.411. The van der Waals surface area contributed by atoms with E-state index < -0.39 is 62.2 Å². The second-order valence-electron chi connectivity index (χ2n) is 13.6. The second kappa shape index (κ2) is 13.3. The van der Waals surface area contributed by atoms with Gasteiger partial charge in [0.1, 0.15) is 24.7 Å². The van der Waals surface area contributed by atoms with Crippen LogP contribution in [0.1, 0.15) is 43.3 Å². The summed E-state index contributed by atoms with van der Waals surface area (Å²) in [5.41, 5.74) is -4.33. The lowest BCUT2D eigenvalue weighted by Crippen LogP contribution is -2.49. The Balaban J connectivity index is 2.14. The number of hydrogen-bond donors (Lipinski definition) is 1. The van der Waals surface area contributed by atoms with Crippen molar-refractivity contribution in [1.82, 2.24) is 14.1 Å². The van der Waals surface area contributed by atoms with Gasteiger partial charge in [0.15, 0.2) is 5.82 Å². The van der Waals surface area contributed by atoms with Crippen molar-refractivity contribution in [2.45, 2.75) is 77.5 Å². The Hall–Kier alpha value is -4.39. The van der Waals surface area contributed by atoms with Gasteiger partial charge in [0.05, 0.1) is 40.9 Å². The summed E-state index contributed by atoms with van der Waals surface area (Å²) in [4.78, 5) is 29.5. The normalized spacial score (nSPS) is 13.8. The van der Waals surface area contributed by atoms with Crippen molar-refractivity contribution in [1.29, 1.82) is 5.26 Å². The number of nitriles is 1. The molecule has 15 heteroatoms. The Labute approximate surface area is 276 Å². The van der Waals surface area contributed by atoms with E-state index in [2.05, 4.69) is 24.6 Å².